The van der Waals surface area contributed by atoms with Gasteiger partial charge in [0.25, 0.3) is 0 Å². The molecule has 5 aromatic rings. The Labute approximate surface area is 253 Å². The minimum absolute atomic E-state index is 0.0122. The summed E-state index contributed by atoms with van der Waals surface area (Å²) in [5.74, 6) is 0. The summed E-state index contributed by atoms with van der Waals surface area (Å²) in [6, 6.07) is 28.1. The van der Waals surface area contributed by atoms with Gasteiger partial charge < -0.3 is 9.80 Å². The highest BCUT2D eigenvalue weighted by Gasteiger charge is 2.35. The quantitative estimate of drug-likeness (QED) is 0.215. The third kappa shape index (κ3) is 3.66. The second kappa shape index (κ2) is 9.53. The average Bonchev–Trinajstić information content (AvgIpc) is 3.49. The first-order chi connectivity index (χ1) is 21.3. The number of allylic oxidation sites excluding steroid dienone is 2. The number of benzene rings is 3. The van der Waals surface area contributed by atoms with Crippen LogP contribution in [0, 0.1) is 45.3 Å². The van der Waals surface area contributed by atoms with Gasteiger partial charge in [0.05, 0.1) is 22.4 Å². The summed E-state index contributed by atoms with van der Waals surface area (Å²) in [4.78, 5) is 14.1. The molecule has 0 saturated carbocycles. The summed E-state index contributed by atoms with van der Waals surface area (Å²) in [5.41, 5.74) is 10.1. The summed E-state index contributed by atoms with van der Waals surface area (Å²) in [6.45, 7) is 0. The number of nitriles is 4. The Morgan fingerprint density at radius 3 is 1.23 bits per heavy atom. The van der Waals surface area contributed by atoms with Crippen molar-refractivity contribution in [2.75, 3.05) is 38.0 Å². The number of aromatic nitrogens is 2. The highest BCUT2D eigenvalue weighted by Crippen LogP contribution is 2.53. The minimum Gasteiger partial charge on any atom is -0.378 e. The maximum atomic E-state index is 10.0. The topological polar surface area (TPSA) is 127 Å². The van der Waals surface area contributed by atoms with Gasteiger partial charge in [-0.1, -0.05) is 12.1 Å². The van der Waals surface area contributed by atoms with Crippen LogP contribution >= 0.6 is 0 Å². The van der Waals surface area contributed by atoms with Crippen molar-refractivity contribution in [1.29, 1.82) is 21.0 Å². The van der Waals surface area contributed by atoms with Gasteiger partial charge in [-0.3, -0.25) is 0 Å². The molecule has 0 bridgehead atoms. The van der Waals surface area contributed by atoms with Crippen molar-refractivity contribution >= 4 is 44.3 Å². The summed E-state index contributed by atoms with van der Waals surface area (Å²) in [6.07, 6.45) is 0. The van der Waals surface area contributed by atoms with E-state index in [2.05, 4.69) is 24.3 Å². The standard InChI is InChI=1S/C36H22N8/c1-43(2)23-7-5-19-9-29-33(21(15-37)16-38)25-14-28-26(13-27(25)35(29)41-31(19)11-23)34(22(17-39)18-40)30-10-20-6-8-24(44(3)4)12-32(20)42-36(28)30/h5-14H,1-4H3. The molecule has 0 N–H and O–H groups in total. The highest BCUT2D eigenvalue weighted by molar-refractivity contribution is 6.12. The molecule has 2 aliphatic carbocycles. The van der Waals surface area contributed by atoms with Crippen LogP contribution in [-0.4, -0.2) is 38.2 Å². The monoisotopic (exact) mass is 566 g/mol. The van der Waals surface area contributed by atoms with Gasteiger partial charge in [-0.15, -0.1) is 0 Å². The lowest BCUT2D eigenvalue weighted by molar-refractivity contribution is 1.13. The Kier molecular flexibility index (Phi) is 5.72. The van der Waals surface area contributed by atoms with Gasteiger partial charge in [0, 0.05) is 83.7 Å². The molecule has 0 unspecified atom stereocenters. The van der Waals surface area contributed by atoms with E-state index in [1.54, 1.807) is 0 Å². The second-order valence-electron chi connectivity index (χ2n) is 11.2. The van der Waals surface area contributed by atoms with Crippen LogP contribution in [0.5, 0.6) is 0 Å². The summed E-state index contributed by atoms with van der Waals surface area (Å²) in [5, 5.41) is 41.8. The highest BCUT2D eigenvalue weighted by atomic mass is 15.1. The van der Waals surface area contributed by atoms with Gasteiger partial charge in [0.1, 0.15) is 35.4 Å². The first kappa shape index (κ1) is 26.4. The summed E-state index contributed by atoms with van der Waals surface area (Å²) in [7, 11) is 7.86. The van der Waals surface area contributed by atoms with Crippen LogP contribution in [0.2, 0.25) is 0 Å². The van der Waals surface area contributed by atoms with E-state index in [9.17, 15) is 21.0 Å². The van der Waals surface area contributed by atoms with Gasteiger partial charge in [0.2, 0.25) is 0 Å². The molecule has 0 spiro atoms. The lowest BCUT2D eigenvalue weighted by Crippen LogP contribution is -2.08. The molecular weight excluding hydrogens is 544 g/mol. The fourth-order valence-electron chi connectivity index (χ4n) is 6.17. The van der Waals surface area contributed by atoms with E-state index in [0.29, 0.717) is 44.8 Å². The molecule has 0 radical (unpaired) electrons. The lowest BCUT2D eigenvalue weighted by Gasteiger charge is -2.13. The molecule has 8 nitrogen and oxygen atoms in total. The molecule has 8 heteroatoms. The SMILES string of the molecule is CN(C)c1ccc2cc3c(nc2c1)-c1cc2c(cc1C3=C(C#N)C#N)-c1nc3cc(N(C)C)ccc3cc1C2=C(C#N)C#N. The van der Waals surface area contributed by atoms with Crippen molar-refractivity contribution in [3.63, 3.8) is 0 Å². The van der Waals surface area contributed by atoms with Crippen molar-refractivity contribution in [3.05, 3.63) is 94.1 Å². The van der Waals surface area contributed by atoms with Crippen molar-refractivity contribution in [3.8, 4) is 46.8 Å². The van der Waals surface area contributed by atoms with Crippen LogP contribution in [0.3, 0.4) is 0 Å². The van der Waals surface area contributed by atoms with Crippen LogP contribution < -0.4 is 9.80 Å². The van der Waals surface area contributed by atoms with Gasteiger partial charge >= 0.3 is 0 Å². The zero-order chi connectivity index (χ0) is 30.9. The predicted octanol–water partition coefficient (Wildman–Crippen LogP) is 6.57. The molecule has 7 rings (SSSR count). The van der Waals surface area contributed by atoms with Crippen molar-refractivity contribution < 1.29 is 0 Å². The maximum absolute atomic E-state index is 10.0. The molecular formula is C36H22N8. The van der Waals surface area contributed by atoms with E-state index < -0.39 is 0 Å². The first-order valence-corrected chi connectivity index (χ1v) is 13.8. The van der Waals surface area contributed by atoms with Gasteiger partial charge in [-0.05, 0) is 59.7 Å². The Morgan fingerprint density at radius 1 is 0.500 bits per heavy atom. The molecule has 0 saturated heterocycles. The van der Waals surface area contributed by atoms with Crippen LogP contribution in [0.25, 0.3) is 55.5 Å². The molecule has 2 heterocycles. The molecule has 0 fully saturated rings. The van der Waals surface area contributed by atoms with Gasteiger partial charge in [-0.2, -0.15) is 21.0 Å². The number of hydrogen-bond acceptors (Lipinski definition) is 8. The van der Waals surface area contributed by atoms with E-state index in [1.165, 1.54) is 0 Å². The molecule has 206 valence electrons. The smallest absolute Gasteiger partial charge is 0.138 e. The number of pyridine rings is 2. The van der Waals surface area contributed by atoms with Crippen molar-refractivity contribution in [2.45, 2.75) is 0 Å². The minimum atomic E-state index is -0.0122. The molecule has 2 aromatic heterocycles. The normalized spacial score (nSPS) is 11.9. The first-order valence-electron chi connectivity index (χ1n) is 13.8. The van der Waals surface area contributed by atoms with E-state index >= 15 is 0 Å². The Balaban J connectivity index is 1.58. The third-order valence-corrected chi connectivity index (χ3v) is 8.33. The number of fused-ring (bicyclic) bond motifs is 8. The Morgan fingerprint density at radius 2 is 0.886 bits per heavy atom. The van der Waals surface area contributed by atoms with Crippen LogP contribution in [0.1, 0.15) is 22.3 Å². The van der Waals surface area contributed by atoms with Crippen molar-refractivity contribution in [1.82, 2.24) is 9.97 Å². The van der Waals surface area contributed by atoms with Crippen LogP contribution in [0.4, 0.5) is 11.4 Å². The lowest BCUT2D eigenvalue weighted by atomic mass is 9.93. The fraction of sp³-hybridized carbons (Fsp3) is 0.111. The number of hydrogen-bond donors (Lipinski definition) is 0. The largest absolute Gasteiger partial charge is 0.378 e. The zero-order valence-corrected chi connectivity index (χ0v) is 24.4. The fourth-order valence-corrected chi connectivity index (χ4v) is 6.17. The van der Waals surface area contributed by atoms with E-state index in [1.807, 2.05) is 98.7 Å². The van der Waals surface area contributed by atoms with E-state index in [4.69, 9.17) is 9.97 Å². The molecule has 0 atom stereocenters. The van der Waals surface area contributed by atoms with Crippen LogP contribution in [-0.2, 0) is 0 Å². The van der Waals surface area contributed by atoms with E-state index in [0.717, 1.165) is 44.3 Å². The average molecular weight is 567 g/mol. The number of anilines is 2. The second-order valence-corrected chi connectivity index (χ2v) is 11.2. The Bertz CT molecular complexity index is 2180. The van der Waals surface area contributed by atoms with Gasteiger partial charge in [0.15, 0.2) is 0 Å². The molecule has 0 amide bonds. The Hall–Kier alpha value is -6.48. The zero-order valence-electron chi connectivity index (χ0n) is 24.4. The molecule has 2 aliphatic rings. The van der Waals surface area contributed by atoms with Crippen molar-refractivity contribution in [2.24, 2.45) is 0 Å². The summed E-state index contributed by atoms with van der Waals surface area (Å²) < 4.78 is 0. The molecule has 44 heavy (non-hydrogen) atoms. The van der Waals surface area contributed by atoms with Crippen LogP contribution in [0.15, 0.2) is 71.8 Å². The van der Waals surface area contributed by atoms with Gasteiger partial charge in [-0.25, -0.2) is 9.97 Å². The predicted molar refractivity (Wildman–Crippen MR) is 171 cm³/mol. The number of rotatable bonds is 2. The third-order valence-electron chi connectivity index (χ3n) is 8.33. The number of nitrogens with zero attached hydrogens (tertiary/aromatic N) is 8. The maximum Gasteiger partial charge on any atom is 0.138 e. The molecule has 3 aromatic carbocycles. The summed E-state index contributed by atoms with van der Waals surface area (Å²) >= 11 is 0. The molecule has 0 aliphatic heterocycles. The van der Waals surface area contributed by atoms with E-state index in [-0.39, 0.29) is 11.1 Å².